The van der Waals surface area contributed by atoms with Gasteiger partial charge in [0.15, 0.2) is 5.96 Å². The number of rotatable bonds is 7. The number of nitrogens with zero attached hydrogens (tertiary/aromatic N) is 4. The van der Waals surface area contributed by atoms with E-state index in [0.29, 0.717) is 6.54 Å². The van der Waals surface area contributed by atoms with Crippen LogP contribution in [0.2, 0.25) is 0 Å². The van der Waals surface area contributed by atoms with Gasteiger partial charge in [-0.3, -0.25) is 9.56 Å². The molecule has 0 fully saturated rings. The summed E-state index contributed by atoms with van der Waals surface area (Å²) >= 11 is 1.82. The highest BCUT2D eigenvalue weighted by molar-refractivity contribution is 7.99. The van der Waals surface area contributed by atoms with Gasteiger partial charge in [0.2, 0.25) is 0 Å². The minimum Gasteiger partial charge on any atom is -0.356 e. The lowest BCUT2D eigenvalue weighted by Crippen LogP contribution is -2.37. The third-order valence-electron chi connectivity index (χ3n) is 3.67. The molecule has 2 aromatic heterocycles. The summed E-state index contributed by atoms with van der Waals surface area (Å²) in [5, 5.41) is 6.64. The van der Waals surface area contributed by atoms with Crippen molar-refractivity contribution >= 4 is 17.7 Å². The maximum absolute atomic E-state index is 4.45. The number of imidazole rings is 1. The number of benzene rings is 1. The standard InChI is InChI=1S/C19H22N6S/c1-20-19(22-10-12-26-17-5-3-2-4-6-17)24-14-16-7-8-18(23-13-16)25-11-9-21-15-25/h2-9,11,13,15H,10,12,14H2,1H3,(H2,20,22,24). The smallest absolute Gasteiger partial charge is 0.191 e. The van der Waals surface area contributed by atoms with Crippen molar-refractivity contribution in [2.75, 3.05) is 19.3 Å². The monoisotopic (exact) mass is 366 g/mol. The fraction of sp³-hybridized carbons (Fsp3) is 0.211. The number of guanidine groups is 1. The lowest BCUT2D eigenvalue weighted by Gasteiger charge is -2.12. The first-order valence-electron chi connectivity index (χ1n) is 8.41. The number of hydrogen-bond donors (Lipinski definition) is 2. The molecule has 0 bridgehead atoms. The summed E-state index contributed by atoms with van der Waals surface area (Å²) in [6, 6.07) is 14.4. The van der Waals surface area contributed by atoms with E-state index in [4.69, 9.17) is 0 Å². The molecule has 3 aromatic rings. The molecule has 0 aliphatic heterocycles. The van der Waals surface area contributed by atoms with Crippen molar-refractivity contribution in [2.24, 2.45) is 4.99 Å². The van der Waals surface area contributed by atoms with Gasteiger partial charge in [-0.05, 0) is 23.8 Å². The van der Waals surface area contributed by atoms with Gasteiger partial charge in [0.05, 0.1) is 0 Å². The van der Waals surface area contributed by atoms with Crippen LogP contribution in [0.1, 0.15) is 5.56 Å². The minimum atomic E-state index is 0.669. The summed E-state index contributed by atoms with van der Waals surface area (Å²) in [5.74, 6) is 2.62. The first kappa shape index (κ1) is 18.0. The molecule has 0 amide bonds. The second kappa shape index (κ2) is 9.62. The van der Waals surface area contributed by atoms with Crippen molar-refractivity contribution in [2.45, 2.75) is 11.4 Å². The van der Waals surface area contributed by atoms with E-state index in [0.717, 1.165) is 29.6 Å². The maximum Gasteiger partial charge on any atom is 0.191 e. The quantitative estimate of drug-likeness (QED) is 0.291. The number of aromatic nitrogens is 3. The van der Waals surface area contributed by atoms with E-state index in [1.807, 2.05) is 46.9 Å². The fourth-order valence-electron chi connectivity index (χ4n) is 2.33. The van der Waals surface area contributed by atoms with Crippen LogP contribution in [0.3, 0.4) is 0 Å². The topological polar surface area (TPSA) is 67.1 Å². The molecule has 134 valence electrons. The van der Waals surface area contributed by atoms with E-state index in [1.165, 1.54) is 4.90 Å². The van der Waals surface area contributed by atoms with Crippen LogP contribution in [0, 0.1) is 0 Å². The summed E-state index contributed by atoms with van der Waals surface area (Å²) in [5.41, 5.74) is 1.09. The zero-order valence-corrected chi connectivity index (χ0v) is 15.5. The third-order valence-corrected chi connectivity index (χ3v) is 4.68. The summed E-state index contributed by atoms with van der Waals surface area (Å²) in [4.78, 5) is 14.0. The van der Waals surface area contributed by atoms with E-state index < -0.39 is 0 Å². The van der Waals surface area contributed by atoms with Gasteiger partial charge >= 0.3 is 0 Å². The zero-order valence-electron chi connectivity index (χ0n) is 14.7. The molecule has 7 heteroatoms. The highest BCUT2D eigenvalue weighted by Gasteiger charge is 2.01. The van der Waals surface area contributed by atoms with Crippen molar-refractivity contribution in [3.8, 4) is 5.82 Å². The Morgan fingerprint density at radius 1 is 1.15 bits per heavy atom. The Balaban J connectivity index is 1.41. The molecule has 0 aliphatic carbocycles. The number of pyridine rings is 1. The molecule has 0 radical (unpaired) electrons. The molecule has 3 rings (SSSR count). The molecule has 2 heterocycles. The van der Waals surface area contributed by atoms with Gasteiger partial charge in [0.25, 0.3) is 0 Å². The third kappa shape index (κ3) is 5.35. The van der Waals surface area contributed by atoms with Crippen molar-refractivity contribution in [3.05, 3.63) is 72.9 Å². The predicted octanol–water partition coefficient (Wildman–Crippen LogP) is 2.72. The molecule has 1 aromatic carbocycles. The molecule has 0 aliphatic rings. The van der Waals surface area contributed by atoms with Crippen LogP contribution in [0.25, 0.3) is 5.82 Å². The lowest BCUT2D eigenvalue weighted by atomic mass is 10.3. The molecular weight excluding hydrogens is 344 g/mol. The highest BCUT2D eigenvalue weighted by Crippen LogP contribution is 2.15. The Morgan fingerprint density at radius 3 is 2.73 bits per heavy atom. The van der Waals surface area contributed by atoms with Crippen LogP contribution in [0.5, 0.6) is 0 Å². The Bertz CT molecular complexity index is 800. The summed E-state index contributed by atoms with van der Waals surface area (Å²) in [6.45, 7) is 1.51. The van der Waals surface area contributed by atoms with Crippen LogP contribution >= 0.6 is 11.8 Å². The minimum absolute atomic E-state index is 0.669. The Kier molecular flexibility index (Phi) is 6.66. The summed E-state index contributed by atoms with van der Waals surface area (Å²) in [7, 11) is 1.78. The van der Waals surface area contributed by atoms with Crippen LogP contribution in [0.4, 0.5) is 0 Å². The number of hydrogen-bond acceptors (Lipinski definition) is 4. The van der Waals surface area contributed by atoms with E-state index >= 15 is 0 Å². The lowest BCUT2D eigenvalue weighted by molar-refractivity contribution is 0.827. The molecule has 0 spiro atoms. The van der Waals surface area contributed by atoms with Gasteiger partial charge in [-0.2, -0.15) is 0 Å². The second-order valence-corrected chi connectivity index (χ2v) is 6.68. The summed E-state index contributed by atoms with van der Waals surface area (Å²) in [6.07, 6.45) is 7.21. The van der Waals surface area contributed by atoms with E-state index in [1.54, 1.807) is 19.6 Å². The highest BCUT2D eigenvalue weighted by atomic mass is 32.2. The van der Waals surface area contributed by atoms with Crippen LogP contribution in [-0.4, -0.2) is 39.8 Å². The molecule has 0 atom stereocenters. The molecule has 26 heavy (non-hydrogen) atoms. The van der Waals surface area contributed by atoms with E-state index in [2.05, 4.69) is 49.9 Å². The molecule has 0 saturated heterocycles. The molecule has 0 saturated carbocycles. The van der Waals surface area contributed by atoms with Gasteiger partial charge < -0.3 is 10.6 Å². The maximum atomic E-state index is 4.45. The van der Waals surface area contributed by atoms with Gasteiger partial charge in [0, 0.05) is 49.4 Å². The Hall–Kier alpha value is -2.80. The zero-order chi connectivity index (χ0) is 18.0. The van der Waals surface area contributed by atoms with E-state index in [9.17, 15) is 0 Å². The van der Waals surface area contributed by atoms with Gasteiger partial charge in [0.1, 0.15) is 12.1 Å². The van der Waals surface area contributed by atoms with Crippen molar-refractivity contribution in [1.82, 2.24) is 25.2 Å². The Labute approximate surface area is 157 Å². The van der Waals surface area contributed by atoms with Gasteiger partial charge in [-0.1, -0.05) is 24.3 Å². The van der Waals surface area contributed by atoms with E-state index in [-0.39, 0.29) is 0 Å². The van der Waals surface area contributed by atoms with Crippen LogP contribution < -0.4 is 10.6 Å². The van der Waals surface area contributed by atoms with Crippen molar-refractivity contribution in [3.63, 3.8) is 0 Å². The SMILES string of the molecule is CN=C(NCCSc1ccccc1)NCc1ccc(-n2ccnc2)nc1. The average molecular weight is 366 g/mol. The number of nitrogens with one attached hydrogen (secondary N) is 2. The first-order chi connectivity index (χ1) is 12.8. The van der Waals surface area contributed by atoms with Crippen LogP contribution in [-0.2, 0) is 6.54 Å². The average Bonchev–Trinajstić information content (AvgIpc) is 3.23. The molecular formula is C19H22N6S. The Morgan fingerprint density at radius 2 is 2.04 bits per heavy atom. The predicted molar refractivity (Wildman–Crippen MR) is 107 cm³/mol. The normalized spacial score (nSPS) is 11.3. The largest absolute Gasteiger partial charge is 0.356 e. The van der Waals surface area contributed by atoms with Crippen molar-refractivity contribution in [1.29, 1.82) is 0 Å². The summed E-state index contributed by atoms with van der Waals surface area (Å²) < 4.78 is 1.88. The fourth-order valence-corrected chi connectivity index (χ4v) is 3.12. The van der Waals surface area contributed by atoms with Gasteiger partial charge in [-0.15, -0.1) is 11.8 Å². The molecule has 6 nitrogen and oxygen atoms in total. The number of aliphatic imine (C=N–C) groups is 1. The molecule has 2 N–H and O–H groups in total. The van der Waals surface area contributed by atoms with Crippen LogP contribution in [0.15, 0.2) is 77.3 Å². The second-order valence-electron chi connectivity index (χ2n) is 5.51. The molecule has 0 unspecified atom stereocenters. The van der Waals surface area contributed by atoms with Gasteiger partial charge in [-0.25, -0.2) is 9.97 Å². The number of thioether (sulfide) groups is 1. The van der Waals surface area contributed by atoms with Crippen molar-refractivity contribution < 1.29 is 0 Å². The first-order valence-corrected chi connectivity index (χ1v) is 9.39.